The Hall–Kier alpha value is -1.61. The second-order valence-corrected chi connectivity index (χ2v) is 5.13. The number of halogens is 1. The van der Waals surface area contributed by atoms with Gasteiger partial charge in [0, 0.05) is 36.2 Å². The molecule has 0 aliphatic heterocycles. The van der Waals surface area contributed by atoms with Crippen LogP contribution in [0.5, 0.6) is 0 Å². The highest BCUT2D eigenvalue weighted by Crippen LogP contribution is 2.20. The monoisotopic (exact) mass is 260 g/mol. The summed E-state index contributed by atoms with van der Waals surface area (Å²) in [6.45, 7) is 9.98. The molecule has 0 atom stereocenters. The van der Waals surface area contributed by atoms with E-state index >= 15 is 0 Å². The first-order valence-electron chi connectivity index (χ1n) is 6.72. The Bertz CT molecular complexity index is 557. The van der Waals surface area contributed by atoms with E-state index in [4.69, 9.17) is 0 Å². The summed E-state index contributed by atoms with van der Waals surface area (Å²) in [6.07, 6.45) is 4.82. The van der Waals surface area contributed by atoms with E-state index in [9.17, 15) is 4.39 Å². The molecule has 0 amide bonds. The van der Waals surface area contributed by atoms with E-state index in [-0.39, 0.29) is 5.82 Å². The predicted octanol–water partition coefficient (Wildman–Crippen LogP) is 3.75. The van der Waals surface area contributed by atoms with Gasteiger partial charge in [-0.3, -0.25) is 4.90 Å². The molecule has 19 heavy (non-hydrogen) atoms. The second kappa shape index (κ2) is 6.02. The van der Waals surface area contributed by atoms with Gasteiger partial charge in [0.15, 0.2) is 0 Å². The maximum atomic E-state index is 13.3. The van der Waals surface area contributed by atoms with Crippen LogP contribution in [0.4, 0.5) is 4.39 Å². The van der Waals surface area contributed by atoms with Crippen molar-refractivity contribution >= 4 is 10.9 Å². The first-order valence-corrected chi connectivity index (χ1v) is 6.72. The third-order valence-electron chi connectivity index (χ3n) is 3.49. The van der Waals surface area contributed by atoms with Gasteiger partial charge in [0.1, 0.15) is 5.82 Å². The first-order chi connectivity index (χ1) is 9.11. The molecule has 2 nitrogen and oxygen atoms in total. The normalized spacial score (nSPS) is 11.6. The molecule has 0 saturated carbocycles. The van der Waals surface area contributed by atoms with E-state index in [1.54, 1.807) is 12.1 Å². The molecule has 3 heteroatoms. The van der Waals surface area contributed by atoms with E-state index in [2.05, 4.69) is 30.3 Å². The minimum atomic E-state index is -0.180. The second-order valence-electron chi connectivity index (χ2n) is 5.13. The van der Waals surface area contributed by atoms with Crippen molar-refractivity contribution in [3.63, 3.8) is 0 Å². The fourth-order valence-corrected chi connectivity index (χ4v) is 2.35. The number of hydrogen-bond acceptors (Lipinski definition) is 1. The highest BCUT2D eigenvalue weighted by molar-refractivity contribution is 5.83. The Morgan fingerprint density at radius 1 is 1.42 bits per heavy atom. The standard InChI is InChI=1S/C16H21FN2/c1-4-8-19(12(2)3)9-7-13-11-18-16-6-5-14(17)10-15(13)16/h4-6,10-12,18H,1,7-9H2,2-3H3. The Balaban J connectivity index is 2.12. The van der Waals surface area contributed by atoms with Gasteiger partial charge in [-0.1, -0.05) is 6.08 Å². The molecule has 0 radical (unpaired) electrons. The summed E-state index contributed by atoms with van der Waals surface area (Å²) in [5.41, 5.74) is 2.17. The van der Waals surface area contributed by atoms with E-state index in [0.29, 0.717) is 6.04 Å². The molecule has 0 aliphatic carbocycles. The minimum absolute atomic E-state index is 0.180. The number of fused-ring (bicyclic) bond motifs is 1. The van der Waals surface area contributed by atoms with Crippen molar-refractivity contribution in [1.29, 1.82) is 0 Å². The zero-order valence-electron chi connectivity index (χ0n) is 11.6. The number of rotatable bonds is 6. The zero-order valence-corrected chi connectivity index (χ0v) is 11.6. The molecule has 102 valence electrons. The molecule has 1 heterocycles. The van der Waals surface area contributed by atoms with Crippen LogP contribution >= 0.6 is 0 Å². The number of nitrogens with zero attached hydrogens (tertiary/aromatic N) is 1. The molecule has 1 N–H and O–H groups in total. The van der Waals surface area contributed by atoms with Crippen LogP contribution in [0, 0.1) is 5.82 Å². The summed E-state index contributed by atoms with van der Waals surface area (Å²) < 4.78 is 13.3. The van der Waals surface area contributed by atoms with Crippen molar-refractivity contribution in [2.45, 2.75) is 26.3 Å². The lowest BCUT2D eigenvalue weighted by molar-refractivity contribution is 0.249. The molecule has 0 saturated heterocycles. The molecule has 2 rings (SSSR count). The minimum Gasteiger partial charge on any atom is -0.361 e. The van der Waals surface area contributed by atoms with Crippen LogP contribution in [0.3, 0.4) is 0 Å². The Morgan fingerprint density at radius 2 is 2.21 bits per heavy atom. The zero-order chi connectivity index (χ0) is 13.8. The van der Waals surface area contributed by atoms with Gasteiger partial charge >= 0.3 is 0 Å². The lowest BCUT2D eigenvalue weighted by atomic mass is 10.1. The van der Waals surface area contributed by atoms with Crippen LogP contribution in [0.15, 0.2) is 37.1 Å². The number of benzene rings is 1. The van der Waals surface area contributed by atoms with Crippen molar-refractivity contribution in [2.24, 2.45) is 0 Å². The molecule has 0 aliphatic rings. The SMILES string of the molecule is C=CCN(CCc1c[nH]c2ccc(F)cc12)C(C)C. The maximum Gasteiger partial charge on any atom is 0.123 e. The largest absolute Gasteiger partial charge is 0.361 e. The van der Waals surface area contributed by atoms with Gasteiger partial charge in [-0.15, -0.1) is 6.58 Å². The van der Waals surface area contributed by atoms with Crippen molar-refractivity contribution in [1.82, 2.24) is 9.88 Å². The Kier molecular flexibility index (Phi) is 4.38. The fraction of sp³-hybridized carbons (Fsp3) is 0.375. The molecule has 2 aromatic rings. The van der Waals surface area contributed by atoms with Crippen LogP contribution in [0.2, 0.25) is 0 Å². The average molecular weight is 260 g/mol. The molecular weight excluding hydrogens is 239 g/mol. The van der Waals surface area contributed by atoms with Gasteiger partial charge in [-0.25, -0.2) is 4.39 Å². The fourth-order valence-electron chi connectivity index (χ4n) is 2.35. The van der Waals surface area contributed by atoms with Gasteiger partial charge in [-0.05, 0) is 44.0 Å². The summed E-state index contributed by atoms with van der Waals surface area (Å²) in [4.78, 5) is 5.55. The first kappa shape index (κ1) is 13.8. The molecule has 1 aromatic carbocycles. The van der Waals surface area contributed by atoms with Crippen LogP contribution in [-0.2, 0) is 6.42 Å². The average Bonchev–Trinajstić information content (AvgIpc) is 2.76. The third-order valence-corrected chi connectivity index (χ3v) is 3.49. The molecular formula is C16H21FN2. The summed E-state index contributed by atoms with van der Waals surface area (Å²) in [5, 5.41) is 0.988. The van der Waals surface area contributed by atoms with E-state index in [1.165, 1.54) is 11.6 Å². The number of H-pyrrole nitrogens is 1. The summed E-state index contributed by atoms with van der Waals surface area (Å²) >= 11 is 0. The van der Waals surface area contributed by atoms with Gasteiger partial charge in [0.25, 0.3) is 0 Å². The van der Waals surface area contributed by atoms with E-state index in [1.807, 2.05) is 12.3 Å². The van der Waals surface area contributed by atoms with Crippen molar-refractivity contribution in [3.05, 3.63) is 48.4 Å². The smallest absolute Gasteiger partial charge is 0.123 e. The Labute approximate surface area is 113 Å². The highest BCUT2D eigenvalue weighted by atomic mass is 19.1. The number of aromatic amines is 1. The van der Waals surface area contributed by atoms with Crippen molar-refractivity contribution in [2.75, 3.05) is 13.1 Å². The van der Waals surface area contributed by atoms with Gasteiger partial charge in [0.2, 0.25) is 0 Å². The van der Waals surface area contributed by atoms with Crippen molar-refractivity contribution < 1.29 is 4.39 Å². The molecule has 0 unspecified atom stereocenters. The molecule has 0 bridgehead atoms. The highest BCUT2D eigenvalue weighted by Gasteiger charge is 2.10. The van der Waals surface area contributed by atoms with Crippen LogP contribution in [-0.4, -0.2) is 29.0 Å². The van der Waals surface area contributed by atoms with Gasteiger partial charge in [-0.2, -0.15) is 0 Å². The van der Waals surface area contributed by atoms with Crippen molar-refractivity contribution in [3.8, 4) is 0 Å². The third kappa shape index (κ3) is 3.24. The maximum absolute atomic E-state index is 13.3. The number of hydrogen-bond donors (Lipinski definition) is 1. The number of nitrogens with one attached hydrogen (secondary N) is 1. The quantitative estimate of drug-likeness (QED) is 0.784. The summed E-state index contributed by atoms with van der Waals surface area (Å²) in [5.74, 6) is -0.180. The predicted molar refractivity (Wildman–Crippen MR) is 78.9 cm³/mol. The van der Waals surface area contributed by atoms with Crippen LogP contribution < -0.4 is 0 Å². The Morgan fingerprint density at radius 3 is 2.89 bits per heavy atom. The summed E-state index contributed by atoms with van der Waals surface area (Å²) in [7, 11) is 0. The van der Waals surface area contributed by atoms with Crippen LogP contribution in [0.25, 0.3) is 10.9 Å². The lowest BCUT2D eigenvalue weighted by Crippen LogP contribution is -2.32. The molecule has 0 spiro atoms. The summed E-state index contributed by atoms with van der Waals surface area (Å²) in [6, 6.07) is 5.37. The molecule has 0 fully saturated rings. The number of aromatic nitrogens is 1. The lowest BCUT2D eigenvalue weighted by Gasteiger charge is -2.24. The topological polar surface area (TPSA) is 19.0 Å². The van der Waals surface area contributed by atoms with Gasteiger partial charge in [0.05, 0.1) is 0 Å². The van der Waals surface area contributed by atoms with E-state index in [0.717, 1.165) is 30.4 Å². The van der Waals surface area contributed by atoms with E-state index < -0.39 is 0 Å². The van der Waals surface area contributed by atoms with Crippen LogP contribution in [0.1, 0.15) is 19.4 Å². The van der Waals surface area contributed by atoms with Gasteiger partial charge < -0.3 is 4.98 Å². The molecule has 1 aromatic heterocycles.